The SMILES string of the molecule is O=C1Nc2ccc([N+](=O)[O-])c(F)c2/C1=C/c1ccc[nH]1. The van der Waals surface area contributed by atoms with Crippen LogP contribution in [0.1, 0.15) is 11.3 Å². The molecule has 1 aromatic heterocycles. The van der Waals surface area contributed by atoms with Crippen LogP contribution in [0.3, 0.4) is 0 Å². The molecule has 0 atom stereocenters. The van der Waals surface area contributed by atoms with Gasteiger partial charge in [-0.2, -0.15) is 4.39 Å². The van der Waals surface area contributed by atoms with E-state index in [0.717, 1.165) is 6.07 Å². The van der Waals surface area contributed by atoms with Crippen molar-refractivity contribution in [1.29, 1.82) is 0 Å². The summed E-state index contributed by atoms with van der Waals surface area (Å²) in [6, 6.07) is 5.79. The molecule has 1 amide bonds. The van der Waals surface area contributed by atoms with Gasteiger partial charge in [-0.15, -0.1) is 0 Å². The summed E-state index contributed by atoms with van der Waals surface area (Å²) in [5.74, 6) is -1.50. The van der Waals surface area contributed by atoms with Crippen molar-refractivity contribution in [3.05, 3.63) is 57.7 Å². The molecule has 2 heterocycles. The second-order valence-electron chi connectivity index (χ2n) is 4.22. The second-order valence-corrected chi connectivity index (χ2v) is 4.22. The number of H-pyrrole nitrogens is 1. The van der Waals surface area contributed by atoms with Crippen molar-refractivity contribution in [2.45, 2.75) is 0 Å². The van der Waals surface area contributed by atoms with Crippen LogP contribution in [-0.4, -0.2) is 15.8 Å². The van der Waals surface area contributed by atoms with Gasteiger partial charge >= 0.3 is 5.69 Å². The molecule has 0 saturated heterocycles. The minimum absolute atomic E-state index is 0.0589. The molecule has 0 aliphatic carbocycles. The predicted molar refractivity (Wildman–Crippen MR) is 70.3 cm³/mol. The zero-order valence-corrected chi connectivity index (χ0v) is 10.0. The number of hydrogen-bond acceptors (Lipinski definition) is 3. The maximum absolute atomic E-state index is 14.2. The van der Waals surface area contributed by atoms with E-state index in [2.05, 4.69) is 10.3 Å². The molecule has 20 heavy (non-hydrogen) atoms. The fourth-order valence-electron chi connectivity index (χ4n) is 2.10. The van der Waals surface area contributed by atoms with E-state index in [4.69, 9.17) is 0 Å². The lowest BCUT2D eigenvalue weighted by Crippen LogP contribution is -2.03. The molecule has 0 saturated carbocycles. The van der Waals surface area contributed by atoms with Gasteiger partial charge in [0.2, 0.25) is 5.82 Å². The quantitative estimate of drug-likeness (QED) is 0.500. The van der Waals surface area contributed by atoms with Crippen LogP contribution in [0, 0.1) is 15.9 Å². The highest BCUT2D eigenvalue weighted by atomic mass is 19.1. The fraction of sp³-hybridized carbons (Fsp3) is 0. The number of hydrogen-bond donors (Lipinski definition) is 2. The maximum atomic E-state index is 14.2. The Bertz CT molecular complexity index is 750. The first-order chi connectivity index (χ1) is 9.58. The first-order valence-corrected chi connectivity index (χ1v) is 5.71. The summed E-state index contributed by atoms with van der Waals surface area (Å²) in [6.07, 6.45) is 3.11. The molecule has 0 radical (unpaired) electrons. The van der Waals surface area contributed by atoms with E-state index in [0.29, 0.717) is 5.69 Å². The summed E-state index contributed by atoms with van der Waals surface area (Å²) in [6.45, 7) is 0. The first-order valence-electron chi connectivity index (χ1n) is 5.71. The van der Waals surface area contributed by atoms with Gasteiger partial charge in [0.1, 0.15) is 0 Å². The van der Waals surface area contributed by atoms with Crippen molar-refractivity contribution in [2.75, 3.05) is 5.32 Å². The topological polar surface area (TPSA) is 88.0 Å². The molecular formula is C13H8FN3O3. The second kappa shape index (κ2) is 4.30. The van der Waals surface area contributed by atoms with Gasteiger partial charge in [-0.05, 0) is 24.3 Å². The molecule has 3 rings (SSSR count). The Morgan fingerprint density at radius 2 is 2.10 bits per heavy atom. The molecule has 1 aliphatic heterocycles. The zero-order chi connectivity index (χ0) is 14.3. The molecular weight excluding hydrogens is 265 g/mol. The van der Waals surface area contributed by atoms with Crippen molar-refractivity contribution in [3.8, 4) is 0 Å². The smallest absolute Gasteiger partial charge is 0.305 e. The Balaban J connectivity index is 2.21. The molecule has 0 spiro atoms. The number of benzene rings is 1. The molecule has 6 nitrogen and oxygen atoms in total. The number of amides is 1. The summed E-state index contributed by atoms with van der Waals surface area (Å²) < 4.78 is 14.2. The van der Waals surface area contributed by atoms with Crippen molar-refractivity contribution in [2.24, 2.45) is 0 Å². The number of rotatable bonds is 2. The number of nitro groups is 1. The molecule has 7 heteroatoms. The average molecular weight is 273 g/mol. The van der Waals surface area contributed by atoms with Crippen LogP contribution in [0.5, 0.6) is 0 Å². The average Bonchev–Trinajstić information content (AvgIpc) is 2.99. The van der Waals surface area contributed by atoms with Crippen LogP contribution in [-0.2, 0) is 4.79 Å². The molecule has 1 aliphatic rings. The molecule has 0 unspecified atom stereocenters. The molecule has 2 N–H and O–H groups in total. The number of halogens is 1. The third-order valence-electron chi connectivity index (χ3n) is 3.00. The van der Waals surface area contributed by atoms with Crippen molar-refractivity contribution >= 4 is 28.9 Å². The van der Waals surface area contributed by atoms with E-state index in [1.165, 1.54) is 12.1 Å². The van der Waals surface area contributed by atoms with Crippen LogP contribution < -0.4 is 5.32 Å². The summed E-state index contributed by atoms with van der Waals surface area (Å²) in [5, 5.41) is 13.2. The van der Waals surface area contributed by atoms with Crippen LogP contribution in [0.2, 0.25) is 0 Å². The van der Waals surface area contributed by atoms with Crippen molar-refractivity contribution in [3.63, 3.8) is 0 Å². The standard InChI is InChI=1S/C13H8FN3O3/c14-12-10(17(19)20)4-3-9-11(12)8(13(18)16-9)6-7-2-1-5-15-7/h1-6,15H,(H,16,18)/b8-6-. The van der Waals surface area contributed by atoms with Gasteiger partial charge in [0.15, 0.2) is 0 Å². The highest BCUT2D eigenvalue weighted by Crippen LogP contribution is 2.38. The number of nitrogens with zero attached hydrogens (tertiary/aromatic N) is 1. The number of nitrogens with one attached hydrogen (secondary N) is 2. The predicted octanol–water partition coefficient (Wildman–Crippen LogP) is 2.55. The Morgan fingerprint density at radius 1 is 1.30 bits per heavy atom. The van der Waals surface area contributed by atoms with E-state index >= 15 is 0 Å². The summed E-state index contributed by atoms with van der Waals surface area (Å²) >= 11 is 0. The van der Waals surface area contributed by atoms with Crippen LogP contribution in [0.4, 0.5) is 15.8 Å². The van der Waals surface area contributed by atoms with E-state index in [9.17, 15) is 19.3 Å². The number of anilines is 1. The molecule has 0 bridgehead atoms. The molecule has 2 aromatic rings. The van der Waals surface area contributed by atoms with Gasteiger partial charge in [-0.1, -0.05) is 0 Å². The minimum Gasteiger partial charge on any atom is -0.362 e. The summed E-state index contributed by atoms with van der Waals surface area (Å²) in [4.78, 5) is 24.7. The number of aromatic nitrogens is 1. The Morgan fingerprint density at radius 3 is 2.75 bits per heavy atom. The highest BCUT2D eigenvalue weighted by molar-refractivity contribution is 6.35. The summed E-state index contributed by atoms with van der Waals surface area (Å²) in [7, 11) is 0. The lowest BCUT2D eigenvalue weighted by Gasteiger charge is -2.01. The molecule has 0 fully saturated rings. The van der Waals surface area contributed by atoms with Crippen LogP contribution >= 0.6 is 0 Å². The lowest BCUT2D eigenvalue weighted by atomic mass is 10.0. The number of carbonyl (C=O) groups is 1. The fourth-order valence-corrected chi connectivity index (χ4v) is 2.10. The van der Waals surface area contributed by atoms with Gasteiger partial charge in [-0.25, -0.2) is 0 Å². The van der Waals surface area contributed by atoms with Gasteiger partial charge in [0.05, 0.1) is 21.7 Å². The number of fused-ring (bicyclic) bond motifs is 1. The summed E-state index contributed by atoms with van der Waals surface area (Å²) in [5.41, 5.74) is 0.171. The van der Waals surface area contributed by atoms with E-state index in [1.807, 2.05) is 0 Å². The van der Waals surface area contributed by atoms with Crippen LogP contribution in [0.25, 0.3) is 11.6 Å². The van der Waals surface area contributed by atoms with Gasteiger partial charge in [0, 0.05) is 18.0 Å². The van der Waals surface area contributed by atoms with Gasteiger partial charge in [-0.3, -0.25) is 14.9 Å². The van der Waals surface area contributed by atoms with Crippen molar-refractivity contribution < 1.29 is 14.1 Å². The van der Waals surface area contributed by atoms with E-state index in [1.54, 1.807) is 18.3 Å². The molecule has 100 valence electrons. The van der Waals surface area contributed by atoms with E-state index < -0.39 is 22.3 Å². The third kappa shape index (κ3) is 1.76. The minimum atomic E-state index is -1.01. The number of aromatic amines is 1. The normalized spacial score (nSPS) is 15.2. The van der Waals surface area contributed by atoms with Gasteiger partial charge in [0.25, 0.3) is 5.91 Å². The van der Waals surface area contributed by atoms with Crippen molar-refractivity contribution in [1.82, 2.24) is 4.98 Å². The maximum Gasteiger partial charge on any atom is 0.305 e. The Hall–Kier alpha value is -2.96. The number of nitro benzene ring substituents is 1. The lowest BCUT2D eigenvalue weighted by molar-refractivity contribution is -0.387. The first kappa shape index (κ1) is 12.1. The highest BCUT2D eigenvalue weighted by Gasteiger charge is 2.32. The largest absolute Gasteiger partial charge is 0.362 e. The van der Waals surface area contributed by atoms with Crippen LogP contribution in [0.15, 0.2) is 30.5 Å². The zero-order valence-electron chi connectivity index (χ0n) is 10.0. The molecule has 1 aromatic carbocycles. The van der Waals surface area contributed by atoms with Gasteiger partial charge < -0.3 is 10.3 Å². The Kier molecular flexibility index (Phi) is 2.60. The Labute approximate surface area is 112 Å². The third-order valence-corrected chi connectivity index (χ3v) is 3.00. The number of carbonyl (C=O) groups excluding carboxylic acids is 1. The monoisotopic (exact) mass is 273 g/mol. The van der Waals surface area contributed by atoms with E-state index in [-0.39, 0.29) is 16.8 Å².